The zero-order chi connectivity index (χ0) is 16.4. The summed E-state index contributed by atoms with van der Waals surface area (Å²) in [5.41, 5.74) is 6.51. The highest BCUT2D eigenvalue weighted by atomic mass is 32.2. The average molecular weight is 327 g/mol. The molecule has 7 heteroatoms. The molecule has 0 bridgehead atoms. The minimum absolute atomic E-state index is 0.0740. The Morgan fingerprint density at radius 3 is 2.26 bits per heavy atom. The van der Waals surface area contributed by atoms with Gasteiger partial charge in [-0.3, -0.25) is 4.55 Å². The lowest BCUT2D eigenvalue weighted by Gasteiger charge is -2.09. The highest BCUT2D eigenvalue weighted by molar-refractivity contribution is 7.86. The first-order valence-electron chi connectivity index (χ1n) is 6.72. The van der Waals surface area contributed by atoms with Crippen molar-refractivity contribution in [3.05, 3.63) is 60.7 Å². The lowest BCUT2D eigenvalue weighted by atomic mass is 10.1. The number of rotatable bonds is 3. The third-order valence-electron chi connectivity index (χ3n) is 3.28. The molecule has 3 aromatic carbocycles. The highest BCUT2D eigenvalue weighted by Gasteiger charge is 2.22. The van der Waals surface area contributed by atoms with Gasteiger partial charge in [-0.15, -0.1) is 5.11 Å². The monoisotopic (exact) mass is 327 g/mol. The van der Waals surface area contributed by atoms with Gasteiger partial charge in [0.2, 0.25) is 0 Å². The molecule has 0 aliphatic carbocycles. The molecule has 0 amide bonds. The molecule has 0 aliphatic rings. The number of benzene rings is 3. The van der Waals surface area contributed by atoms with Gasteiger partial charge in [-0.2, -0.15) is 13.5 Å². The fraction of sp³-hybridized carbons (Fsp3) is 0. The van der Waals surface area contributed by atoms with Gasteiger partial charge in [0.15, 0.2) is 0 Å². The molecule has 0 radical (unpaired) electrons. The van der Waals surface area contributed by atoms with Crippen molar-refractivity contribution in [1.29, 1.82) is 0 Å². The van der Waals surface area contributed by atoms with Crippen LogP contribution in [0.15, 0.2) is 75.8 Å². The van der Waals surface area contributed by atoms with E-state index >= 15 is 0 Å². The molecule has 3 N–H and O–H groups in total. The van der Waals surface area contributed by atoms with Gasteiger partial charge in [-0.25, -0.2) is 0 Å². The van der Waals surface area contributed by atoms with Crippen LogP contribution in [0.3, 0.4) is 0 Å². The number of anilines is 1. The maximum absolute atomic E-state index is 11.8. The zero-order valence-electron chi connectivity index (χ0n) is 11.9. The molecule has 0 saturated heterocycles. The summed E-state index contributed by atoms with van der Waals surface area (Å²) in [7, 11) is -4.52. The molecule has 0 spiro atoms. The number of nitrogens with zero attached hydrogens (tertiary/aromatic N) is 2. The third-order valence-corrected chi connectivity index (χ3v) is 4.21. The van der Waals surface area contributed by atoms with Crippen molar-refractivity contribution in [2.75, 3.05) is 5.73 Å². The van der Waals surface area contributed by atoms with Crippen LogP contribution in [-0.2, 0) is 10.1 Å². The smallest absolute Gasteiger partial charge is 0.297 e. The zero-order valence-corrected chi connectivity index (χ0v) is 12.7. The van der Waals surface area contributed by atoms with Gasteiger partial charge in [0.1, 0.15) is 10.6 Å². The predicted molar refractivity (Wildman–Crippen MR) is 88.8 cm³/mol. The lowest BCUT2D eigenvalue weighted by molar-refractivity contribution is 0.484. The van der Waals surface area contributed by atoms with E-state index in [1.807, 2.05) is 6.07 Å². The topological polar surface area (TPSA) is 105 Å². The van der Waals surface area contributed by atoms with Crippen LogP contribution in [0.4, 0.5) is 17.1 Å². The number of nitrogen functional groups attached to an aromatic ring is 1. The predicted octanol–water partition coefficient (Wildman–Crippen LogP) is 4.08. The summed E-state index contributed by atoms with van der Waals surface area (Å²) in [6, 6.07) is 17.1. The van der Waals surface area contributed by atoms with Gasteiger partial charge >= 0.3 is 0 Å². The van der Waals surface area contributed by atoms with Crippen molar-refractivity contribution in [2.45, 2.75) is 4.90 Å². The number of azo groups is 1. The molecule has 116 valence electrons. The highest BCUT2D eigenvalue weighted by Crippen LogP contribution is 2.38. The van der Waals surface area contributed by atoms with Crippen LogP contribution < -0.4 is 5.73 Å². The van der Waals surface area contributed by atoms with E-state index in [2.05, 4.69) is 10.2 Å². The van der Waals surface area contributed by atoms with Crippen LogP contribution in [0.5, 0.6) is 0 Å². The van der Waals surface area contributed by atoms with Crippen molar-refractivity contribution in [3.8, 4) is 0 Å². The van der Waals surface area contributed by atoms with Crippen LogP contribution in [0.2, 0.25) is 0 Å². The van der Waals surface area contributed by atoms with E-state index in [1.54, 1.807) is 54.6 Å². The average Bonchev–Trinajstić information content (AvgIpc) is 2.52. The Morgan fingerprint density at radius 2 is 1.57 bits per heavy atom. The van der Waals surface area contributed by atoms with Crippen LogP contribution >= 0.6 is 0 Å². The summed E-state index contributed by atoms with van der Waals surface area (Å²) in [5.74, 6) is 0. The van der Waals surface area contributed by atoms with Crippen molar-refractivity contribution in [3.63, 3.8) is 0 Å². The molecule has 0 fully saturated rings. The molecule has 0 atom stereocenters. The molecule has 6 nitrogen and oxygen atoms in total. The largest absolute Gasteiger partial charge is 0.397 e. The SMILES string of the molecule is Nc1cc2ccccc2c(S(=O)(=O)O)c1N=Nc1ccccc1. The second-order valence-corrected chi connectivity index (χ2v) is 6.23. The summed E-state index contributed by atoms with van der Waals surface area (Å²) >= 11 is 0. The Morgan fingerprint density at radius 1 is 0.913 bits per heavy atom. The second-order valence-electron chi connectivity index (χ2n) is 4.88. The summed E-state index contributed by atoms with van der Waals surface area (Å²) in [5, 5.41) is 8.87. The number of hydrogen-bond acceptors (Lipinski definition) is 5. The van der Waals surface area contributed by atoms with Crippen molar-refractivity contribution >= 4 is 38.0 Å². The third kappa shape index (κ3) is 3.05. The molecule has 0 aromatic heterocycles. The van der Waals surface area contributed by atoms with E-state index < -0.39 is 10.1 Å². The Hall–Kier alpha value is -2.77. The lowest BCUT2D eigenvalue weighted by Crippen LogP contribution is -2.02. The van der Waals surface area contributed by atoms with Crippen molar-refractivity contribution in [1.82, 2.24) is 0 Å². The summed E-state index contributed by atoms with van der Waals surface area (Å²) in [4.78, 5) is -0.340. The number of hydrogen-bond donors (Lipinski definition) is 2. The van der Waals surface area contributed by atoms with Gasteiger partial charge in [0.05, 0.1) is 11.4 Å². The van der Waals surface area contributed by atoms with Crippen LogP contribution in [0, 0.1) is 0 Å². The first kappa shape index (κ1) is 15.1. The molecule has 3 rings (SSSR count). The van der Waals surface area contributed by atoms with Crippen LogP contribution in [-0.4, -0.2) is 13.0 Å². The minimum atomic E-state index is -4.52. The normalized spacial score (nSPS) is 12.0. The van der Waals surface area contributed by atoms with Gasteiger partial charge in [0, 0.05) is 5.39 Å². The molecule has 23 heavy (non-hydrogen) atoms. The molecule has 0 saturated carbocycles. The quantitative estimate of drug-likeness (QED) is 0.429. The Labute approximate surface area is 133 Å². The second kappa shape index (κ2) is 5.79. The van der Waals surface area contributed by atoms with E-state index in [-0.39, 0.29) is 16.3 Å². The van der Waals surface area contributed by atoms with Crippen molar-refractivity contribution in [2.24, 2.45) is 10.2 Å². The van der Waals surface area contributed by atoms with E-state index in [9.17, 15) is 13.0 Å². The molecule has 3 aromatic rings. The van der Waals surface area contributed by atoms with Crippen molar-refractivity contribution < 1.29 is 13.0 Å². The summed E-state index contributed by atoms with van der Waals surface area (Å²) in [6.45, 7) is 0. The Kier molecular flexibility index (Phi) is 3.81. The summed E-state index contributed by atoms with van der Waals surface area (Å²) < 4.78 is 33.3. The van der Waals surface area contributed by atoms with E-state index in [0.717, 1.165) is 0 Å². The minimum Gasteiger partial charge on any atom is -0.397 e. The summed E-state index contributed by atoms with van der Waals surface area (Å²) in [6.07, 6.45) is 0. The van der Waals surface area contributed by atoms with Crippen LogP contribution in [0.25, 0.3) is 10.8 Å². The Balaban J connectivity index is 2.28. The first-order valence-corrected chi connectivity index (χ1v) is 8.16. The fourth-order valence-corrected chi connectivity index (χ4v) is 3.16. The fourth-order valence-electron chi connectivity index (χ4n) is 2.29. The van der Waals surface area contributed by atoms with Gasteiger partial charge in [0.25, 0.3) is 10.1 Å². The maximum Gasteiger partial charge on any atom is 0.297 e. The molecule has 0 unspecified atom stereocenters. The van der Waals surface area contributed by atoms with Crippen LogP contribution in [0.1, 0.15) is 0 Å². The van der Waals surface area contributed by atoms with E-state index in [1.165, 1.54) is 0 Å². The van der Waals surface area contributed by atoms with E-state index in [4.69, 9.17) is 5.73 Å². The molecule has 0 aliphatic heterocycles. The van der Waals surface area contributed by atoms with Gasteiger partial charge in [-0.05, 0) is 23.6 Å². The van der Waals surface area contributed by atoms with Gasteiger partial charge in [-0.1, -0.05) is 42.5 Å². The first-order chi connectivity index (χ1) is 11.0. The number of nitrogens with two attached hydrogens (primary N) is 1. The maximum atomic E-state index is 11.8. The molecular weight excluding hydrogens is 314 g/mol. The standard InChI is InChI=1S/C16H13N3O3S/c17-14-10-11-6-4-5-9-13(11)16(23(20,21)22)15(14)19-18-12-7-2-1-3-8-12/h1-10H,17H2,(H,20,21,22). The Bertz CT molecular complexity index is 1000. The van der Waals surface area contributed by atoms with E-state index in [0.29, 0.717) is 16.5 Å². The molecule has 0 heterocycles. The van der Waals surface area contributed by atoms with Gasteiger partial charge < -0.3 is 5.73 Å². The molecular formula is C16H13N3O3S. The number of fused-ring (bicyclic) bond motifs is 1.